The fourth-order valence-electron chi connectivity index (χ4n) is 3.12. The minimum Gasteiger partial charge on any atom is -0.308 e. The number of fused-ring (bicyclic) bond motifs is 3. The molecular weight excluding hydrogens is 251 g/mol. The van der Waals surface area contributed by atoms with Crippen molar-refractivity contribution in [2.45, 2.75) is 25.4 Å². The molecule has 18 heavy (non-hydrogen) atoms. The number of benzene rings is 1. The Bertz CT molecular complexity index is 430. The molecule has 0 radical (unpaired) electrons. The third-order valence-corrected chi connectivity index (χ3v) is 4.59. The highest BCUT2D eigenvalue weighted by Gasteiger charge is 2.33. The van der Waals surface area contributed by atoms with Crippen molar-refractivity contribution in [1.29, 1.82) is 0 Å². The molecule has 3 fully saturated rings. The summed E-state index contributed by atoms with van der Waals surface area (Å²) in [7, 11) is 0. The van der Waals surface area contributed by atoms with Crippen LogP contribution in [0.15, 0.2) is 18.2 Å². The maximum absolute atomic E-state index is 13.2. The summed E-state index contributed by atoms with van der Waals surface area (Å²) in [5, 5.41) is 4.19. The fourth-order valence-corrected chi connectivity index (χ4v) is 3.30. The number of nitrogens with zero attached hydrogens (tertiary/aromatic N) is 1. The van der Waals surface area contributed by atoms with Gasteiger partial charge < -0.3 is 10.2 Å². The summed E-state index contributed by atoms with van der Waals surface area (Å²) in [6.07, 6.45) is 2.57. The van der Waals surface area contributed by atoms with Crippen LogP contribution in [0.25, 0.3) is 0 Å². The predicted octanol–water partition coefficient (Wildman–Crippen LogP) is 2.66. The van der Waals surface area contributed by atoms with Gasteiger partial charge in [0.05, 0.1) is 0 Å². The summed E-state index contributed by atoms with van der Waals surface area (Å²) in [6, 6.07) is 5.09. The summed E-state index contributed by atoms with van der Waals surface area (Å²) >= 11 is 6.08. The van der Waals surface area contributed by atoms with Crippen LogP contribution in [0.3, 0.4) is 0 Å². The molecule has 0 aromatic heterocycles. The fraction of sp³-hybridized carbons (Fsp3) is 0.571. The van der Waals surface area contributed by atoms with Gasteiger partial charge in [-0.25, -0.2) is 4.39 Å². The second kappa shape index (κ2) is 5.16. The largest absolute Gasteiger partial charge is 0.308 e. The SMILES string of the molecule is Fc1ccc(Cl)c(CNC2CN3CCC2CC3)c1. The number of hydrogen-bond donors (Lipinski definition) is 1. The van der Waals surface area contributed by atoms with E-state index in [0.29, 0.717) is 17.6 Å². The summed E-state index contributed by atoms with van der Waals surface area (Å²) in [6.45, 7) is 4.26. The molecule has 0 amide bonds. The summed E-state index contributed by atoms with van der Waals surface area (Å²) in [5.41, 5.74) is 0.855. The number of halogens is 2. The zero-order chi connectivity index (χ0) is 12.5. The first-order valence-corrected chi connectivity index (χ1v) is 7.00. The number of piperidine rings is 3. The maximum Gasteiger partial charge on any atom is 0.123 e. The lowest BCUT2D eigenvalue weighted by Gasteiger charge is -2.45. The molecule has 1 N–H and O–H groups in total. The Kier molecular flexibility index (Phi) is 3.55. The van der Waals surface area contributed by atoms with Gasteiger partial charge in [0.15, 0.2) is 0 Å². The first-order chi connectivity index (χ1) is 8.72. The topological polar surface area (TPSA) is 15.3 Å². The van der Waals surface area contributed by atoms with Crippen LogP contribution in [-0.2, 0) is 6.54 Å². The molecule has 0 spiro atoms. The van der Waals surface area contributed by atoms with E-state index in [9.17, 15) is 4.39 Å². The third-order valence-electron chi connectivity index (χ3n) is 4.22. The van der Waals surface area contributed by atoms with E-state index in [0.717, 1.165) is 18.0 Å². The van der Waals surface area contributed by atoms with Crippen molar-refractivity contribution in [3.05, 3.63) is 34.6 Å². The van der Waals surface area contributed by atoms with Crippen molar-refractivity contribution >= 4 is 11.6 Å². The maximum atomic E-state index is 13.2. The van der Waals surface area contributed by atoms with Gasteiger partial charge in [-0.2, -0.15) is 0 Å². The van der Waals surface area contributed by atoms with E-state index >= 15 is 0 Å². The number of nitrogens with one attached hydrogen (secondary N) is 1. The van der Waals surface area contributed by atoms with Crippen LogP contribution in [-0.4, -0.2) is 30.6 Å². The molecular formula is C14H18ClFN2. The van der Waals surface area contributed by atoms with Crippen LogP contribution in [0.2, 0.25) is 5.02 Å². The highest BCUT2D eigenvalue weighted by Crippen LogP contribution is 2.28. The van der Waals surface area contributed by atoms with Crippen molar-refractivity contribution in [2.75, 3.05) is 19.6 Å². The van der Waals surface area contributed by atoms with E-state index in [-0.39, 0.29) is 5.82 Å². The molecule has 1 atom stereocenters. The zero-order valence-electron chi connectivity index (χ0n) is 10.3. The molecule has 0 saturated carbocycles. The normalized spacial score (nSPS) is 30.7. The minimum absolute atomic E-state index is 0.217. The lowest BCUT2D eigenvalue weighted by atomic mass is 9.84. The van der Waals surface area contributed by atoms with Crippen molar-refractivity contribution in [2.24, 2.45) is 5.92 Å². The van der Waals surface area contributed by atoms with Crippen LogP contribution in [0.1, 0.15) is 18.4 Å². The van der Waals surface area contributed by atoms with E-state index in [1.165, 1.54) is 38.1 Å². The van der Waals surface area contributed by atoms with Crippen molar-refractivity contribution in [3.63, 3.8) is 0 Å². The highest BCUT2D eigenvalue weighted by atomic mass is 35.5. The van der Waals surface area contributed by atoms with Crippen LogP contribution in [0.4, 0.5) is 4.39 Å². The Morgan fingerprint density at radius 2 is 2.11 bits per heavy atom. The summed E-state index contributed by atoms with van der Waals surface area (Å²) < 4.78 is 13.2. The zero-order valence-corrected chi connectivity index (χ0v) is 11.1. The molecule has 1 aromatic rings. The molecule has 3 heterocycles. The van der Waals surface area contributed by atoms with Crippen molar-refractivity contribution < 1.29 is 4.39 Å². The van der Waals surface area contributed by atoms with E-state index in [1.54, 1.807) is 6.07 Å². The molecule has 4 rings (SSSR count). The average molecular weight is 269 g/mol. The van der Waals surface area contributed by atoms with E-state index < -0.39 is 0 Å². The molecule has 2 bridgehead atoms. The predicted molar refractivity (Wildman–Crippen MR) is 71.2 cm³/mol. The van der Waals surface area contributed by atoms with Gasteiger partial charge >= 0.3 is 0 Å². The van der Waals surface area contributed by atoms with E-state index in [2.05, 4.69) is 10.2 Å². The van der Waals surface area contributed by atoms with Gasteiger partial charge in [-0.1, -0.05) is 11.6 Å². The molecule has 98 valence electrons. The molecule has 3 aliphatic heterocycles. The molecule has 0 aliphatic carbocycles. The highest BCUT2D eigenvalue weighted by molar-refractivity contribution is 6.31. The Hall–Kier alpha value is -0.640. The Balaban J connectivity index is 1.62. The smallest absolute Gasteiger partial charge is 0.123 e. The minimum atomic E-state index is -0.217. The Morgan fingerprint density at radius 1 is 1.33 bits per heavy atom. The van der Waals surface area contributed by atoms with Gasteiger partial charge in [-0.15, -0.1) is 0 Å². The molecule has 3 aliphatic rings. The summed E-state index contributed by atoms with van der Waals surface area (Å²) in [5.74, 6) is 0.562. The first kappa shape index (κ1) is 12.4. The van der Waals surface area contributed by atoms with Gasteiger partial charge in [0.2, 0.25) is 0 Å². The second-order valence-corrected chi connectivity index (χ2v) is 5.77. The van der Waals surface area contributed by atoms with E-state index in [1.807, 2.05) is 0 Å². The van der Waals surface area contributed by atoms with E-state index in [4.69, 9.17) is 11.6 Å². The molecule has 3 saturated heterocycles. The van der Waals surface area contributed by atoms with Crippen LogP contribution in [0.5, 0.6) is 0 Å². The second-order valence-electron chi connectivity index (χ2n) is 5.36. The Labute approximate surface area is 112 Å². The lowest BCUT2D eigenvalue weighted by Crippen LogP contribution is -2.55. The number of hydrogen-bond acceptors (Lipinski definition) is 2. The molecule has 1 unspecified atom stereocenters. The van der Waals surface area contributed by atoms with Gasteiger partial charge in [0.1, 0.15) is 5.82 Å². The monoisotopic (exact) mass is 268 g/mol. The Morgan fingerprint density at radius 3 is 2.78 bits per heavy atom. The van der Waals surface area contributed by atoms with Crippen LogP contribution in [0, 0.1) is 11.7 Å². The van der Waals surface area contributed by atoms with Crippen molar-refractivity contribution in [3.8, 4) is 0 Å². The molecule has 1 aromatic carbocycles. The van der Waals surface area contributed by atoms with Gasteiger partial charge in [0, 0.05) is 24.2 Å². The summed E-state index contributed by atoms with van der Waals surface area (Å²) in [4.78, 5) is 2.50. The number of rotatable bonds is 3. The van der Waals surface area contributed by atoms with Gasteiger partial charge in [-0.3, -0.25) is 0 Å². The first-order valence-electron chi connectivity index (χ1n) is 6.62. The quantitative estimate of drug-likeness (QED) is 0.907. The molecule has 2 nitrogen and oxygen atoms in total. The molecule has 4 heteroatoms. The third kappa shape index (κ3) is 2.53. The standard InChI is InChI=1S/C14H18ClFN2/c15-13-2-1-12(16)7-11(13)8-17-14-9-18-5-3-10(14)4-6-18/h1-2,7,10,14,17H,3-6,8-9H2. The van der Waals surface area contributed by atoms with Crippen molar-refractivity contribution in [1.82, 2.24) is 10.2 Å². The van der Waals surface area contributed by atoms with Gasteiger partial charge in [0.25, 0.3) is 0 Å². The lowest BCUT2D eigenvalue weighted by molar-refractivity contribution is 0.0720. The van der Waals surface area contributed by atoms with Gasteiger partial charge in [-0.05, 0) is 55.6 Å². The van der Waals surface area contributed by atoms with Crippen LogP contribution >= 0.6 is 11.6 Å². The van der Waals surface area contributed by atoms with Crippen LogP contribution < -0.4 is 5.32 Å². The average Bonchev–Trinajstić information content (AvgIpc) is 2.41.